The number of nitrogens with zero attached hydrogens (tertiary/aromatic N) is 3. The number of hydrogen-bond acceptors (Lipinski definition) is 5. The number of thioether (sulfide) groups is 1. The molecule has 0 radical (unpaired) electrons. The molecule has 0 aliphatic heterocycles. The van der Waals surface area contributed by atoms with Gasteiger partial charge in [-0.2, -0.15) is 4.98 Å². The van der Waals surface area contributed by atoms with Gasteiger partial charge in [-0.05, 0) is 73.5 Å². The zero-order valence-corrected chi connectivity index (χ0v) is 17.5. The first-order valence-corrected chi connectivity index (χ1v) is 10.4. The van der Waals surface area contributed by atoms with Crippen LogP contribution in [0.25, 0.3) is 0 Å². The molecule has 6 nitrogen and oxygen atoms in total. The molecule has 0 atom stereocenters. The number of amides is 1. The first kappa shape index (κ1) is 21.0. The summed E-state index contributed by atoms with van der Waals surface area (Å²) in [5.41, 5.74) is 1.88. The van der Waals surface area contributed by atoms with Crippen molar-refractivity contribution in [2.45, 2.75) is 70.0 Å². The number of carbonyl (C=O) groups excluding carboxylic acids is 1. The summed E-state index contributed by atoms with van der Waals surface area (Å²) in [5.74, 6) is 0.268. The SMILES string of the molecule is CN(C)CCCn1c2c(c(SCC(=O)NC(C)(C)C)nc1=O)CCCC2. The summed E-state index contributed by atoms with van der Waals surface area (Å²) in [7, 11) is 4.08. The van der Waals surface area contributed by atoms with Gasteiger partial charge in [-0.25, -0.2) is 4.79 Å². The average Bonchev–Trinajstić information content (AvgIpc) is 2.53. The van der Waals surface area contributed by atoms with E-state index in [1.165, 1.54) is 17.3 Å². The van der Waals surface area contributed by atoms with Crippen molar-refractivity contribution in [1.82, 2.24) is 19.8 Å². The van der Waals surface area contributed by atoms with Gasteiger partial charge in [-0.15, -0.1) is 0 Å². The summed E-state index contributed by atoms with van der Waals surface area (Å²) in [6.07, 6.45) is 5.03. The predicted octanol–water partition coefficient (Wildman–Crippen LogP) is 2.08. The van der Waals surface area contributed by atoms with Crippen LogP contribution in [0.1, 0.15) is 51.3 Å². The van der Waals surface area contributed by atoms with Gasteiger partial charge in [0, 0.05) is 23.3 Å². The lowest BCUT2D eigenvalue weighted by atomic mass is 9.97. The molecule has 1 aliphatic rings. The largest absolute Gasteiger partial charge is 0.351 e. The highest BCUT2D eigenvalue weighted by molar-refractivity contribution is 7.99. The Morgan fingerprint density at radius 3 is 2.62 bits per heavy atom. The maximum atomic E-state index is 12.6. The van der Waals surface area contributed by atoms with Gasteiger partial charge in [0.05, 0.1) is 5.75 Å². The lowest BCUT2D eigenvalue weighted by molar-refractivity contribution is -0.119. The summed E-state index contributed by atoms with van der Waals surface area (Å²) in [5, 5.41) is 3.71. The molecule has 0 unspecified atom stereocenters. The third-order valence-corrected chi connectivity index (χ3v) is 5.31. The lowest BCUT2D eigenvalue weighted by Gasteiger charge is -2.23. The number of rotatable bonds is 7. The van der Waals surface area contributed by atoms with Crippen LogP contribution >= 0.6 is 11.8 Å². The van der Waals surface area contributed by atoms with Crippen molar-refractivity contribution < 1.29 is 4.79 Å². The van der Waals surface area contributed by atoms with Gasteiger partial charge in [0.2, 0.25) is 5.91 Å². The van der Waals surface area contributed by atoms with E-state index < -0.39 is 0 Å². The van der Waals surface area contributed by atoms with Crippen LogP contribution in [0.5, 0.6) is 0 Å². The fourth-order valence-corrected chi connectivity index (χ4v) is 4.11. The van der Waals surface area contributed by atoms with Crippen LogP contribution in [0, 0.1) is 0 Å². The fraction of sp³-hybridized carbons (Fsp3) is 0.737. The number of fused-ring (bicyclic) bond motifs is 1. The Labute approximate surface area is 160 Å². The minimum Gasteiger partial charge on any atom is -0.351 e. The monoisotopic (exact) mass is 380 g/mol. The minimum atomic E-state index is -0.250. The number of hydrogen-bond donors (Lipinski definition) is 1. The first-order chi connectivity index (χ1) is 12.2. The molecule has 0 saturated carbocycles. The molecule has 146 valence electrons. The predicted molar refractivity (Wildman–Crippen MR) is 107 cm³/mol. The summed E-state index contributed by atoms with van der Waals surface area (Å²) in [4.78, 5) is 31.2. The second kappa shape index (κ2) is 9.04. The Balaban J connectivity index is 2.16. The van der Waals surface area contributed by atoms with Gasteiger partial charge < -0.3 is 10.2 Å². The molecule has 0 saturated heterocycles. The Kier molecular flexibility index (Phi) is 7.29. The maximum absolute atomic E-state index is 12.6. The van der Waals surface area contributed by atoms with Gasteiger partial charge in [0.25, 0.3) is 0 Å². The quantitative estimate of drug-likeness (QED) is 0.579. The molecule has 0 bridgehead atoms. The lowest BCUT2D eigenvalue weighted by Crippen LogP contribution is -2.41. The fourth-order valence-electron chi connectivity index (χ4n) is 3.23. The van der Waals surface area contributed by atoms with Crippen LogP contribution in [-0.4, -0.2) is 52.3 Å². The van der Waals surface area contributed by atoms with E-state index in [2.05, 4.69) is 15.2 Å². The number of carbonyl (C=O) groups is 1. The Morgan fingerprint density at radius 1 is 1.27 bits per heavy atom. The van der Waals surface area contributed by atoms with Crippen molar-refractivity contribution >= 4 is 17.7 Å². The highest BCUT2D eigenvalue weighted by atomic mass is 32.2. The van der Waals surface area contributed by atoms with Crippen LogP contribution in [0.15, 0.2) is 9.82 Å². The standard InChI is InChI=1S/C19H32N4O2S/c1-19(2,3)21-16(24)13-26-17-14-9-6-7-10-15(14)23(18(25)20-17)12-8-11-22(4)5/h6-13H2,1-5H3,(H,21,24). The van der Waals surface area contributed by atoms with Crippen molar-refractivity contribution in [1.29, 1.82) is 0 Å². The molecular weight excluding hydrogens is 348 g/mol. The molecule has 1 aliphatic carbocycles. The van der Waals surface area contributed by atoms with E-state index in [-0.39, 0.29) is 17.1 Å². The second-order valence-corrected chi connectivity index (χ2v) is 9.19. The van der Waals surface area contributed by atoms with Crippen molar-refractivity contribution in [3.05, 3.63) is 21.7 Å². The molecule has 1 aromatic rings. The van der Waals surface area contributed by atoms with E-state index in [1.54, 1.807) is 0 Å². The van der Waals surface area contributed by atoms with E-state index in [0.717, 1.165) is 49.4 Å². The summed E-state index contributed by atoms with van der Waals surface area (Å²) in [6.45, 7) is 7.55. The van der Waals surface area contributed by atoms with Crippen LogP contribution in [0.4, 0.5) is 0 Å². The Bertz CT molecular complexity index is 692. The molecule has 1 heterocycles. The van der Waals surface area contributed by atoms with Gasteiger partial charge in [0.15, 0.2) is 0 Å². The molecule has 0 spiro atoms. The molecule has 1 N–H and O–H groups in total. The van der Waals surface area contributed by atoms with Crippen LogP contribution in [0.3, 0.4) is 0 Å². The zero-order valence-electron chi connectivity index (χ0n) is 16.7. The van der Waals surface area contributed by atoms with E-state index in [4.69, 9.17) is 0 Å². The van der Waals surface area contributed by atoms with Gasteiger partial charge in [-0.1, -0.05) is 11.8 Å². The van der Waals surface area contributed by atoms with E-state index >= 15 is 0 Å². The Morgan fingerprint density at radius 2 is 1.96 bits per heavy atom. The van der Waals surface area contributed by atoms with Gasteiger partial charge in [0.1, 0.15) is 5.03 Å². The molecule has 7 heteroatoms. The number of aromatic nitrogens is 2. The summed E-state index contributed by atoms with van der Waals surface area (Å²) < 4.78 is 1.86. The molecular formula is C19H32N4O2S. The van der Waals surface area contributed by atoms with Crippen molar-refractivity contribution in [3.8, 4) is 0 Å². The maximum Gasteiger partial charge on any atom is 0.348 e. The van der Waals surface area contributed by atoms with E-state index in [1.807, 2.05) is 39.4 Å². The minimum absolute atomic E-state index is 0.0241. The van der Waals surface area contributed by atoms with E-state index in [9.17, 15) is 9.59 Å². The average molecular weight is 381 g/mol. The smallest absolute Gasteiger partial charge is 0.348 e. The van der Waals surface area contributed by atoms with Gasteiger partial charge >= 0.3 is 5.69 Å². The second-order valence-electron chi connectivity index (χ2n) is 8.23. The normalized spacial score (nSPS) is 14.4. The Hall–Kier alpha value is -1.34. The summed E-state index contributed by atoms with van der Waals surface area (Å²) >= 11 is 1.39. The van der Waals surface area contributed by atoms with Crippen LogP contribution < -0.4 is 11.0 Å². The third-order valence-electron chi connectivity index (χ3n) is 4.29. The molecule has 2 rings (SSSR count). The highest BCUT2D eigenvalue weighted by Crippen LogP contribution is 2.28. The molecule has 0 fully saturated rings. The third kappa shape index (κ3) is 6.13. The molecule has 0 aromatic carbocycles. The van der Waals surface area contributed by atoms with Crippen molar-refractivity contribution in [3.63, 3.8) is 0 Å². The van der Waals surface area contributed by atoms with Gasteiger partial charge in [-0.3, -0.25) is 9.36 Å². The molecule has 1 aromatic heterocycles. The zero-order chi connectivity index (χ0) is 19.3. The van der Waals surface area contributed by atoms with Crippen molar-refractivity contribution in [2.24, 2.45) is 0 Å². The number of nitrogens with one attached hydrogen (secondary N) is 1. The molecule has 26 heavy (non-hydrogen) atoms. The highest BCUT2D eigenvalue weighted by Gasteiger charge is 2.21. The first-order valence-electron chi connectivity index (χ1n) is 9.38. The van der Waals surface area contributed by atoms with E-state index in [0.29, 0.717) is 12.3 Å². The summed E-state index contributed by atoms with van der Waals surface area (Å²) in [6, 6.07) is 0. The van der Waals surface area contributed by atoms with Crippen molar-refractivity contribution in [2.75, 3.05) is 26.4 Å². The van der Waals surface area contributed by atoms with Crippen LogP contribution in [0.2, 0.25) is 0 Å². The van der Waals surface area contributed by atoms with Crippen LogP contribution in [-0.2, 0) is 24.2 Å². The molecule has 1 amide bonds. The topological polar surface area (TPSA) is 67.2 Å².